The Hall–Kier alpha value is -1.55. The van der Waals surface area contributed by atoms with Crippen LogP contribution in [0.4, 0.5) is 5.69 Å². The Morgan fingerprint density at radius 2 is 2.20 bits per heavy atom. The molecule has 1 aromatic carbocycles. The zero-order valence-corrected chi connectivity index (χ0v) is 8.95. The van der Waals surface area contributed by atoms with Gasteiger partial charge in [-0.3, -0.25) is 0 Å². The Balaban J connectivity index is 2.44. The van der Waals surface area contributed by atoms with Crippen molar-refractivity contribution in [1.29, 1.82) is 0 Å². The summed E-state index contributed by atoms with van der Waals surface area (Å²) in [4.78, 5) is 0. The van der Waals surface area contributed by atoms with E-state index in [0.717, 1.165) is 0 Å². The van der Waals surface area contributed by atoms with Gasteiger partial charge in [0, 0.05) is 17.1 Å². The van der Waals surface area contributed by atoms with Gasteiger partial charge < -0.3 is 10.2 Å². The Morgan fingerprint density at radius 3 is 2.80 bits per heavy atom. The molecule has 2 aromatic rings. The van der Waals surface area contributed by atoms with Gasteiger partial charge in [0.1, 0.15) is 0 Å². The highest BCUT2D eigenvalue weighted by Crippen LogP contribution is 2.27. The summed E-state index contributed by atoms with van der Waals surface area (Å²) in [5, 5.41) is 8.37. The maximum atomic E-state index is 5.79. The molecular weight excluding hydrogens is 214 g/mol. The quantitative estimate of drug-likeness (QED) is 0.795. The first kappa shape index (κ1) is 9.98. The van der Waals surface area contributed by atoms with Gasteiger partial charge in [0.2, 0.25) is 11.8 Å². The predicted molar refractivity (Wildman–Crippen MR) is 58.5 cm³/mol. The van der Waals surface area contributed by atoms with E-state index in [-0.39, 0.29) is 0 Å². The lowest BCUT2D eigenvalue weighted by atomic mass is 10.2. The number of hydrogen-bond acceptors (Lipinski definition) is 4. The third-order valence-electron chi connectivity index (χ3n) is 2.01. The Morgan fingerprint density at radius 1 is 1.40 bits per heavy atom. The van der Waals surface area contributed by atoms with E-state index in [1.165, 1.54) is 0 Å². The summed E-state index contributed by atoms with van der Waals surface area (Å²) in [6, 6.07) is 5.17. The molecule has 0 aliphatic rings. The minimum atomic E-state index is 0.431. The molecule has 78 valence electrons. The van der Waals surface area contributed by atoms with Gasteiger partial charge in [-0.2, -0.15) is 0 Å². The number of nitrogen functional groups attached to an aromatic ring is 1. The fraction of sp³-hybridized carbons (Fsp3) is 0.200. The third kappa shape index (κ3) is 1.94. The van der Waals surface area contributed by atoms with Crippen LogP contribution in [-0.2, 0) is 6.42 Å². The first-order chi connectivity index (χ1) is 7.20. The monoisotopic (exact) mass is 223 g/mol. The van der Waals surface area contributed by atoms with Crippen molar-refractivity contribution in [1.82, 2.24) is 10.2 Å². The molecule has 0 aliphatic heterocycles. The van der Waals surface area contributed by atoms with Crippen LogP contribution in [0.1, 0.15) is 12.8 Å². The highest BCUT2D eigenvalue weighted by molar-refractivity contribution is 6.31. The second-order valence-corrected chi connectivity index (χ2v) is 3.52. The van der Waals surface area contributed by atoms with Crippen LogP contribution >= 0.6 is 11.6 Å². The second kappa shape index (κ2) is 3.90. The molecule has 0 fully saturated rings. The fourth-order valence-corrected chi connectivity index (χ4v) is 1.41. The molecule has 0 aliphatic carbocycles. The van der Waals surface area contributed by atoms with Crippen molar-refractivity contribution >= 4 is 17.3 Å². The Bertz CT molecular complexity index is 481. The van der Waals surface area contributed by atoms with Gasteiger partial charge >= 0.3 is 0 Å². The van der Waals surface area contributed by atoms with Crippen LogP contribution in [0.2, 0.25) is 5.02 Å². The molecule has 0 saturated heterocycles. The smallest absolute Gasteiger partial charge is 0.249 e. The number of nitrogens with two attached hydrogens (primary N) is 1. The third-order valence-corrected chi connectivity index (χ3v) is 2.25. The average molecular weight is 224 g/mol. The summed E-state index contributed by atoms with van der Waals surface area (Å²) in [5.74, 6) is 1.03. The van der Waals surface area contributed by atoms with Gasteiger partial charge in [0.25, 0.3) is 0 Å². The molecule has 1 heterocycles. The van der Waals surface area contributed by atoms with E-state index in [2.05, 4.69) is 10.2 Å². The summed E-state index contributed by atoms with van der Waals surface area (Å²) in [7, 11) is 0. The van der Waals surface area contributed by atoms with Crippen LogP contribution in [0.5, 0.6) is 0 Å². The number of aryl methyl sites for hydroxylation is 1. The summed E-state index contributed by atoms with van der Waals surface area (Å²) < 4.78 is 5.39. The number of rotatable bonds is 2. The van der Waals surface area contributed by atoms with E-state index >= 15 is 0 Å². The highest BCUT2D eigenvalue weighted by Gasteiger charge is 2.10. The maximum Gasteiger partial charge on any atom is 0.249 e. The molecule has 0 radical (unpaired) electrons. The summed E-state index contributed by atoms with van der Waals surface area (Å²) in [6.45, 7) is 1.95. The molecule has 15 heavy (non-hydrogen) atoms. The van der Waals surface area contributed by atoms with Crippen molar-refractivity contribution < 1.29 is 4.42 Å². The number of anilines is 1. The van der Waals surface area contributed by atoms with Crippen molar-refractivity contribution in [2.45, 2.75) is 13.3 Å². The van der Waals surface area contributed by atoms with E-state index in [9.17, 15) is 0 Å². The van der Waals surface area contributed by atoms with Crippen LogP contribution < -0.4 is 5.73 Å². The number of nitrogens with zero attached hydrogens (tertiary/aromatic N) is 2. The number of aromatic nitrogens is 2. The van der Waals surface area contributed by atoms with Crippen molar-refractivity contribution in [2.75, 3.05) is 5.73 Å². The molecular formula is C10H10ClN3O. The standard InChI is InChI=1S/C10H10ClN3O/c1-2-9-13-14-10(15-9)7-4-3-6(11)5-8(7)12/h3-5H,2,12H2,1H3. The minimum absolute atomic E-state index is 0.431. The molecule has 0 bridgehead atoms. The molecule has 0 saturated carbocycles. The van der Waals surface area contributed by atoms with Gasteiger partial charge in [0.15, 0.2) is 0 Å². The lowest BCUT2D eigenvalue weighted by Crippen LogP contribution is -1.89. The molecule has 4 nitrogen and oxygen atoms in total. The van der Waals surface area contributed by atoms with Gasteiger partial charge in [-0.25, -0.2) is 0 Å². The molecule has 0 spiro atoms. The normalized spacial score (nSPS) is 10.5. The maximum absolute atomic E-state index is 5.79. The fourth-order valence-electron chi connectivity index (χ4n) is 1.23. The highest BCUT2D eigenvalue weighted by atomic mass is 35.5. The van der Waals surface area contributed by atoms with E-state index in [4.69, 9.17) is 21.8 Å². The van der Waals surface area contributed by atoms with Gasteiger partial charge in [0.05, 0.1) is 5.56 Å². The van der Waals surface area contributed by atoms with Crippen LogP contribution in [0, 0.1) is 0 Å². The molecule has 0 unspecified atom stereocenters. The van der Waals surface area contributed by atoms with Crippen LogP contribution in [-0.4, -0.2) is 10.2 Å². The molecule has 5 heteroatoms. The SMILES string of the molecule is CCc1nnc(-c2ccc(Cl)cc2N)o1. The largest absolute Gasteiger partial charge is 0.421 e. The van der Waals surface area contributed by atoms with Crippen molar-refractivity contribution in [3.63, 3.8) is 0 Å². The molecule has 2 rings (SSSR count). The minimum Gasteiger partial charge on any atom is -0.421 e. The Labute approximate surface area is 92.1 Å². The van der Waals surface area contributed by atoms with Crippen molar-refractivity contribution in [3.8, 4) is 11.5 Å². The van der Waals surface area contributed by atoms with Gasteiger partial charge in [-0.1, -0.05) is 18.5 Å². The van der Waals surface area contributed by atoms with Crippen LogP contribution in [0.15, 0.2) is 22.6 Å². The summed E-state index contributed by atoms with van der Waals surface area (Å²) >= 11 is 5.79. The van der Waals surface area contributed by atoms with Crippen LogP contribution in [0.3, 0.4) is 0 Å². The number of halogens is 1. The van der Waals surface area contributed by atoms with E-state index in [1.807, 2.05) is 6.92 Å². The molecule has 2 N–H and O–H groups in total. The zero-order valence-electron chi connectivity index (χ0n) is 8.20. The van der Waals surface area contributed by atoms with Crippen molar-refractivity contribution in [2.24, 2.45) is 0 Å². The topological polar surface area (TPSA) is 64.9 Å². The van der Waals surface area contributed by atoms with Crippen LogP contribution in [0.25, 0.3) is 11.5 Å². The Kier molecular flexibility index (Phi) is 2.60. The average Bonchev–Trinajstić information content (AvgIpc) is 2.66. The summed E-state index contributed by atoms with van der Waals surface area (Å²) in [6.07, 6.45) is 0.709. The van der Waals surface area contributed by atoms with E-state index < -0.39 is 0 Å². The lowest BCUT2D eigenvalue weighted by Gasteiger charge is -2.00. The van der Waals surface area contributed by atoms with Gasteiger partial charge in [-0.15, -0.1) is 10.2 Å². The molecule has 1 aromatic heterocycles. The second-order valence-electron chi connectivity index (χ2n) is 3.09. The number of benzene rings is 1. The lowest BCUT2D eigenvalue weighted by molar-refractivity contribution is 0.513. The zero-order chi connectivity index (χ0) is 10.8. The first-order valence-electron chi connectivity index (χ1n) is 4.58. The summed E-state index contributed by atoms with van der Waals surface area (Å²) in [5.41, 5.74) is 7.04. The predicted octanol–water partition coefficient (Wildman–Crippen LogP) is 2.53. The van der Waals surface area contributed by atoms with E-state index in [0.29, 0.717) is 34.5 Å². The van der Waals surface area contributed by atoms with Gasteiger partial charge in [-0.05, 0) is 18.2 Å². The first-order valence-corrected chi connectivity index (χ1v) is 4.96. The molecule has 0 amide bonds. The van der Waals surface area contributed by atoms with E-state index in [1.54, 1.807) is 18.2 Å². The number of hydrogen-bond donors (Lipinski definition) is 1. The molecule has 0 atom stereocenters. The van der Waals surface area contributed by atoms with Crippen molar-refractivity contribution in [3.05, 3.63) is 29.1 Å².